The summed E-state index contributed by atoms with van der Waals surface area (Å²) in [5.74, 6) is -0.0155. The summed E-state index contributed by atoms with van der Waals surface area (Å²) in [5.41, 5.74) is 5.38. The van der Waals surface area contributed by atoms with Crippen LogP contribution in [-0.4, -0.2) is 42.9 Å². The van der Waals surface area contributed by atoms with Gasteiger partial charge in [0, 0.05) is 19.5 Å². The van der Waals surface area contributed by atoms with E-state index in [2.05, 4.69) is 5.32 Å². The second-order valence-electron chi connectivity index (χ2n) is 4.69. The lowest BCUT2D eigenvalue weighted by Crippen LogP contribution is -2.39. The summed E-state index contributed by atoms with van der Waals surface area (Å²) in [4.78, 5) is 24.6. The molecule has 0 aromatic rings. The third-order valence-electron chi connectivity index (χ3n) is 2.84. The fourth-order valence-corrected chi connectivity index (χ4v) is 1.59. The van der Waals surface area contributed by atoms with Gasteiger partial charge in [0.25, 0.3) is 0 Å². The van der Waals surface area contributed by atoms with E-state index < -0.39 is 0 Å². The first kappa shape index (κ1) is 14.0. The second-order valence-corrected chi connectivity index (χ2v) is 4.69. The van der Waals surface area contributed by atoms with E-state index in [0.29, 0.717) is 19.0 Å². The molecule has 0 saturated heterocycles. The Morgan fingerprint density at radius 3 is 2.59 bits per heavy atom. The fourth-order valence-electron chi connectivity index (χ4n) is 1.59. The lowest BCUT2D eigenvalue weighted by molar-refractivity contribution is -0.134. The number of carbonyl (C=O) groups is 2. The average molecular weight is 241 g/mol. The predicted octanol–water partition coefficient (Wildman–Crippen LogP) is 0.243. The van der Waals surface area contributed by atoms with Crippen LogP contribution in [0.1, 0.15) is 38.5 Å². The highest BCUT2D eigenvalue weighted by Gasteiger charge is 2.24. The summed E-state index contributed by atoms with van der Waals surface area (Å²) in [5, 5.41) is 2.87. The van der Waals surface area contributed by atoms with E-state index in [1.165, 1.54) is 4.90 Å². The molecule has 0 spiro atoms. The third-order valence-corrected chi connectivity index (χ3v) is 2.84. The van der Waals surface area contributed by atoms with E-state index in [1.54, 1.807) is 7.05 Å². The Balaban J connectivity index is 2.09. The molecule has 0 aliphatic heterocycles. The zero-order valence-corrected chi connectivity index (χ0v) is 10.6. The van der Waals surface area contributed by atoms with Crippen LogP contribution in [-0.2, 0) is 9.59 Å². The lowest BCUT2D eigenvalue weighted by Gasteiger charge is -2.16. The van der Waals surface area contributed by atoms with E-state index >= 15 is 0 Å². The quantitative estimate of drug-likeness (QED) is 0.598. The number of carbonyl (C=O) groups excluding carboxylic acids is 2. The molecule has 1 aliphatic carbocycles. The van der Waals surface area contributed by atoms with E-state index in [9.17, 15) is 9.59 Å². The normalized spacial score (nSPS) is 14.5. The number of amides is 2. The average Bonchev–Trinajstić information content (AvgIpc) is 3.07. The van der Waals surface area contributed by atoms with Gasteiger partial charge in [0.1, 0.15) is 0 Å². The second kappa shape index (κ2) is 7.27. The Morgan fingerprint density at radius 1 is 1.29 bits per heavy atom. The fraction of sp³-hybridized carbons (Fsp3) is 0.833. The molecule has 0 aromatic carbocycles. The van der Waals surface area contributed by atoms with Crippen LogP contribution in [0.15, 0.2) is 0 Å². The van der Waals surface area contributed by atoms with Crippen molar-refractivity contribution in [3.8, 4) is 0 Å². The number of hydrogen-bond donors (Lipinski definition) is 2. The summed E-state index contributed by atoms with van der Waals surface area (Å²) >= 11 is 0. The number of nitrogens with zero attached hydrogens (tertiary/aromatic N) is 1. The SMILES string of the molecule is CN(CC(=O)NC1CC1)C(=O)CCCCCN. The van der Waals surface area contributed by atoms with Crippen molar-refractivity contribution in [2.75, 3.05) is 20.1 Å². The smallest absolute Gasteiger partial charge is 0.239 e. The number of hydrogen-bond acceptors (Lipinski definition) is 3. The van der Waals surface area contributed by atoms with Crippen LogP contribution in [0.2, 0.25) is 0 Å². The van der Waals surface area contributed by atoms with Gasteiger partial charge in [0.15, 0.2) is 0 Å². The molecule has 1 saturated carbocycles. The van der Waals surface area contributed by atoms with Crippen LogP contribution in [0.25, 0.3) is 0 Å². The van der Waals surface area contributed by atoms with E-state index in [0.717, 1.165) is 32.1 Å². The van der Waals surface area contributed by atoms with Gasteiger partial charge in [-0.15, -0.1) is 0 Å². The Bertz CT molecular complexity index is 264. The minimum absolute atomic E-state index is 0.0352. The molecule has 5 heteroatoms. The highest BCUT2D eigenvalue weighted by atomic mass is 16.2. The van der Waals surface area contributed by atoms with Crippen molar-refractivity contribution < 1.29 is 9.59 Å². The van der Waals surface area contributed by atoms with Crippen LogP contribution >= 0.6 is 0 Å². The molecule has 1 fully saturated rings. The summed E-state index contributed by atoms with van der Waals surface area (Å²) in [6, 6.07) is 0.357. The van der Waals surface area contributed by atoms with Crippen LogP contribution < -0.4 is 11.1 Å². The van der Waals surface area contributed by atoms with E-state index in [-0.39, 0.29) is 18.4 Å². The molecule has 1 aliphatic rings. The molecule has 0 bridgehead atoms. The summed E-state index contributed by atoms with van der Waals surface area (Å²) in [6.45, 7) is 0.847. The van der Waals surface area contributed by atoms with Crippen molar-refractivity contribution in [3.63, 3.8) is 0 Å². The van der Waals surface area contributed by atoms with Crippen molar-refractivity contribution in [1.29, 1.82) is 0 Å². The maximum Gasteiger partial charge on any atom is 0.239 e. The van der Waals surface area contributed by atoms with Gasteiger partial charge < -0.3 is 16.0 Å². The summed E-state index contributed by atoms with van der Waals surface area (Å²) in [7, 11) is 1.68. The first-order chi connectivity index (χ1) is 8.13. The molecule has 0 unspecified atom stereocenters. The maximum atomic E-state index is 11.7. The molecule has 5 nitrogen and oxygen atoms in total. The molecule has 0 radical (unpaired) electrons. The maximum absolute atomic E-state index is 11.7. The van der Waals surface area contributed by atoms with Gasteiger partial charge in [-0.1, -0.05) is 6.42 Å². The molecular formula is C12H23N3O2. The predicted molar refractivity (Wildman–Crippen MR) is 66.3 cm³/mol. The Morgan fingerprint density at radius 2 is 2.00 bits per heavy atom. The molecule has 2 amide bonds. The van der Waals surface area contributed by atoms with Crippen molar-refractivity contribution in [2.24, 2.45) is 5.73 Å². The number of unbranched alkanes of at least 4 members (excludes halogenated alkanes) is 2. The largest absolute Gasteiger partial charge is 0.352 e. The minimum Gasteiger partial charge on any atom is -0.352 e. The van der Waals surface area contributed by atoms with Crippen molar-refractivity contribution in [3.05, 3.63) is 0 Å². The van der Waals surface area contributed by atoms with Crippen molar-refractivity contribution in [1.82, 2.24) is 10.2 Å². The molecule has 1 rings (SSSR count). The Labute approximate surface area is 103 Å². The number of likely N-dealkylation sites (N-methyl/N-ethyl adjacent to an activating group) is 1. The van der Waals surface area contributed by atoms with Gasteiger partial charge in [0.05, 0.1) is 6.54 Å². The number of rotatable bonds is 8. The van der Waals surface area contributed by atoms with Crippen molar-refractivity contribution >= 4 is 11.8 Å². The highest BCUT2D eigenvalue weighted by Crippen LogP contribution is 2.18. The van der Waals surface area contributed by atoms with Crippen LogP contribution in [0.3, 0.4) is 0 Å². The first-order valence-corrected chi connectivity index (χ1v) is 6.37. The zero-order chi connectivity index (χ0) is 12.7. The zero-order valence-electron chi connectivity index (χ0n) is 10.6. The molecule has 98 valence electrons. The van der Waals surface area contributed by atoms with Crippen LogP contribution in [0.4, 0.5) is 0 Å². The standard InChI is InChI=1S/C12H23N3O2/c1-15(9-11(16)14-10-6-7-10)12(17)5-3-2-4-8-13/h10H,2-9,13H2,1H3,(H,14,16). The van der Waals surface area contributed by atoms with E-state index in [4.69, 9.17) is 5.73 Å². The molecule has 0 heterocycles. The molecule has 17 heavy (non-hydrogen) atoms. The van der Waals surface area contributed by atoms with Crippen molar-refractivity contribution in [2.45, 2.75) is 44.6 Å². The van der Waals surface area contributed by atoms with Gasteiger partial charge in [-0.3, -0.25) is 9.59 Å². The van der Waals surface area contributed by atoms with Gasteiger partial charge in [-0.25, -0.2) is 0 Å². The Hall–Kier alpha value is -1.10. The molecule has 0 aromatic heterocycles. The molecule has 3 N–H and O–H groups in total. The third kappa shape index (κ3) is 6.26. The van der Waals surface area contributed by atoms with Gasteiger partial charge in [-0.05, 0) is 32.2 Å². The van der Waals surface area contributed by atoms with E-state index in [1.807, 2.05) is 0 Å². The topological polar surface area (TPSA) is 75.4 Å². The number of nitrogens with one attached hydrogen (secondary N) is 1. The molecule has 0 atom stereocenters. The Kier molecular flexibility index (Phi) is 5.97. The highest BCUT2D eigenvalue weighted by molar-refractivity contribution is 5.84. The van der Waals surface area contributed by atoms with Crippen LogP contribution in [0.5, 0.6) is 0 Å². The van der Waals surface area contributed by atoms with Gasteiger partial charge in [-0.2, -0.15) is 0 Å². The monoisotopic (exact) mass is 241 g/mol. The van der Waals surface area contributed by atoms with Gasteiger partial charge in [0.2, 0.25) is 11.8 Å². The summed E-state index contributed by atoms with van der Waals surface area (Å²) < 4.78 is 0. The minimum atomic E-state index is -0.0506. The lowest BCUT2D eigenvalue weighted by atomic mass is 10.2. The number of nitrogens with two attached hydrogens (primary N) is 1. The first-order valence-electron chi connectivity index (χ1n) is 6.37. The molecular weight excluding hydrogens is 218 g/mol. The van der Waals surface area contributed by atoms with Crippen LogP contribution in [0, 0.1) is 0 Å². The van der Waals surface area contributed by atoms with Gasteiger partial charge >= 0.3 is 0 Å². The summed E-state index contributed by atoms with van der Waals surface area (Å²) in [6.07, 6.45) is 5.44.